The first-order valence-electron chi connectivity index (χ1n) is 13.8. The van der Waals surface area contributed by atoms with E-state index >= 15 is 0 Å². The van der Waals surface area contributed by atoms with Crippen LogP contribution in [0.25, 0.3) is 0 Å². The van der Waals surface area contributed by atoms with E-state index in [1.807, 2.05) is 48.5 Å². The van der Waals surface area contributed by atoms with Gasteiger partial charge in [-0.2, -0.15) is 15.0 Å². The van der Waals surface area contributed by atoms with Gasteiger partial charge in [0.15, 0.2) is 0 Å². The number of benzene rings is 2. The summed E-state index contributed by atoms with van der Waals surface area (Å²) in [5.74, 6) is -0.307. The minimum atomic E-state index is -1.00. The van der Waals surface area contributed by atoms with Gasteiger partial charge < -0.3 is 35.8 Å². The number of hydrogen-bond acceptors (Lipinski definition) is 10. The Balaban J connectivity index is 1.40. The quantitative estimate of drug-likeness (QED) is 0.128. The molecule has 0 aliphatic rings. The summed E-state index contributed by atoms with van der Waals surface area (Å²) in [4.78, 5) is 37.0. The molecule has 0 unspecified atom stereocenters. The van der Waals surface area contributed by atoms with Crippen molar-refractivity contribution in [1.82, 2.24) is 20.3 Å². The second-order valence-electron chi connectivity index (χ2n) is 9.08. The van der Waals surface area contributed by atoms with Crippen molar-refractivity contribution < 1.29 is 24.2 Å². The Morgan fingerprint density at radius 2 is 1.37 bits per heavy atom. The zero-order chi connectivity index (χ0) is 29.1. The number of nitrogens with zero attached hydrogens (tertiary/aromatic N) is 3. The molecular weight excluding hydrogens is 526 g/mol. The molecule has 41 heavy (non-hydrogen) atoms. The number of aromatic nitrogens is 3. The molecule has 0 aliphatic heterocycles. The van der Waals surface area contributed by atoms with Gasteiger partial charge >= 0.3 is 5.97 Å². The molecule has 5 N–H and O–H groups in total. The number of unbranched alkanes of at least 4 members (excludes halogenated alkanes) is 1. The average molecular weight is 566 g/mol. The molecule has 1 atom stereocenters. The Morgan fingerprint density at radius 1 is 0.780 bits per heavy atom. The number of nitrogens with one attached hydrogen (secondary N) is 4. The number of carboxylic acid groups (broad SMARTS) is 1. The monoisotopic (exact) mass is 565 g/mol. The molecule has 0 radical (unpaired) electrons. The Labute approximate surface area is 240 Å². The van der Waals surface area contributed by atoms with Crippen LogP contribution in [0.2, 0.25) is 0 Å². The van der Waals surface area contributed by atoms with E-state index in [4.69, 9.17) is 9.47 Å². The summed E-state index contributed by atoms with van der Waals surface area (Å²) < 4.78 is 11.1. The smallest absolute Gasteiger partial charge is 0.326 e. The normalized spacial score (nSPS) is 11.4. The highest BCUT2D eigenvalue weighted by Crippen LogP contribution is 2.13. The SMILES string of the molecule is CCCCNc1nc(NCCOCCOCCNC(=O)c2ccccc2)nc(N[C@@H](Cc2ccccc2)C(=O)O)n1. The van der Waals surface area contributed by atoms with Crippen molar-refractivity contribution in [2.75, 3.05) is 62.0 Å². The Kier molecular flexibility index (Phi) is 13.8. The number of hydrogen-bond donors (Lipinski definition) is 5. The molecule has 0 bridgehead atoms. The van der Waals surface area contributed by atoms with Crippen molar-refractivity contribution in [3.05, 3.63) is 71.8 Å². The van der Waals surface area contributed by atoms with Crippen LogP contribution < -0.4 is 21.3 Å². The van der Waals surface area contributed by atoms with E-state index in [1.165, 1.54) is 0 Å². The highest BCUT2D eigenvalue weighted by Gasteiger charge is 2.20. The minimum Gasteiger partial charge on any atom is -0.480 e. The third-order valence-electron chi connectivity index (χ3n) is 5.80. The van der Waals surface area contributed by atoms with Crippen molar-refractivity contribution >= 4 is 29.7 Å². The number of carbonyl (C=O) groups excluding carboxylic acids is 1. The average Bonchev–Trinajstić information content (AvgIpc) is 2.98. The number of aliphatic carboxylic acids is 1. The van der Waals surface area contributed by atoms with Crippen LogP contribution in [0.4, 0.5) is 17.8 Å². The van der Waals surface area contributed by atoms with Gasteiger partial charge in [0.05, 0.1) is 26.4 Å². The van der Waals surface area contributed by atoms with Crippen LogP contribution in [0, 0.1) is 0 Å². The molecule has 1 amide bonds. The molecular formula is C29H39N7O5. The molecule has 0 saturated carbocycles. The molecule has 0 fully saturated rings. The van der Waals surface area contributed by atoms with E-state index in [-0.39, 0.29) is 18.3 Å². The van der Waals surface area contributed by atoms with Crippen molar-refractivity contribution in [1.29, 1.82) is 0 Å². The summed E-state index contributed by atoms with van der Waals surface area (Å²) in [6.45, 7) is 5.16. The van der Waals surface area contributed by atoms with Gasteiger partial charge in [0.2, 0.25) is 17.8 Å². The number of anilines is 3. The van der Waals surface area contributed by atoms with E-state index in [2.05, 4.69) is 43.1 Å². The lowest BCUT2D eigenvalue weighted by Crippen LogP contribution is -2.32. The van der Waals surface area contributed by atoms with E-state index in [0.717, 1.165) is 18.4 Å². The summed E-state index contributed by atoms with van der Waals surface area (Å²) in [5, 5.41) is 21.8. The summed E-state index contributed by atoms with van der Waals surface area (Å²) in [6.07, 6.45) is 2.23. The fourth-order valence-corrected chi connectivity index (χ4v) is 3.67. The first-order valence-corrected chi connectivity index (χ1v) is 13.8. The third kappa shape index (κ3) is 12.2. The number of ether oxygens (including phenoxy) is 2. The summed E-state index contributed by atoms with van der Waals surface area (Å²) in [6, 6.07) is 17.5. The number of rotatable bonds is 20. The van der Waals surface area contributed by atoms with Gasteiger partial charge in [-0.15, -0.1) is 0 Å². The maximum atomic E-state index is 12.0. The second kappa shape index (κ2) is 18.1. The zero-order valence-corrected chi connectivity index (χ0v) is 23.3. The predicted molar refractivity (Wildman–Crippen MR) is 157 cm³/mol. The highest BCUT2D eigenvalue weighted by molar-refractivity contribution is 5.94. The molecule has 1 heterocycles. The molecule has 12 nitrogen and oxygen atoms in total. The number of carboxylic acids is 1. The van der Waals surface area contributed by atoms with Gasteiger partial charge in [0.1, 0.15) is 6.04 Å². The first-order chi connectivity index (χ1) is 20.0. The zero-order valence-electron chi connectivity index (χ0n) is 23.3. The van der Waals surface area contributed by atoms with Crippen molar-refractivity contribution in [2.24, 2.45) is 0 Å². The Hall–Kier alpha value is -4.29. The van der Waals surface area contributed by atoms with Crippen LogP contribution in [0.3, 0.4) is 0 Å². The van der Waals surface area contributed by atoms with Crippen LogP contribution in [-0.4, -0.2) is 84.0 Å². The standard InChI is InChI=1S/C29H39N7O5/c1-2-3-14-31-27-34-28(36-29(35-27)33-24(26(38)39)21-22-10-6-4-7-11-22)32-16-18-41-20-19-40-17-15-30-25(37)23-12-8-5-9-13-23/h4-13,24H,2-3,14-21H2,1H3,(H,30,37)(H,38,39)(H3,31,32,33,34,35,36)/t24-/m0/s1. The molecule has 0 aliphatic carbocycles. The number of amides is 1. The summed E-state index contributed by atoms with van der Waals surface area (Å²) in [7, 11) is 0. The largest absolute Gasteiger partial charge is 0.480 e. The van der Waals surface area contributed by atoms with Crippen LogP contribution in [-0.2, 0) is 20.7 Å². The van der Waals surface area contributed by atoms with Crippen LogP contribution in [0.15, 0.2) is 60.7 Å². The van der Waals surface area contributed by atoms with Crippen molar-refractivity contribution in [3.63, 3.8) is 0 Å². The Bertz CT molecular complexity index is 1180. The van der Waals surface area contributed by atoms with Crippen molar-refractivity contribution in [3.8, 4) is 0 Å². The van der Waals surface area contributed by atoms with Crippen molar-refractivity contribution in [2.45, 2.75) is 32.2 Å². The predicted octanol–water partition coefficient (Wildman–Crippen LogP) is 3.07. The lowest BCUT2D eigenvalue weighted by atomic mass is 10.1. The van der Waals surface area contributed by atoms with Gasteiger partial charge in [0.25, 0.3) is 5.91 Å². The number of carbonyl (C=O) groups is 2. The molecule has 220 valence electrons. The third-order valence-corrected chi connectivity index (χ3v) is 5.80. The summed E-state index contributed by atoms with van der Waals surface area (Å²) >= 11 is 0. The van der Waals surface area contributed by atoms with Crippen LogP contribution in [0.1, 0.15) is 35.7 Å². The minimum absolute atomic E-state index is 0.133. The topological polar surface area (TPSA) is 160 Å². The molecule has 3 aromatic rings. The fourth-order valence-electron chi connectivity index (χ4n) is 3.67. The molecule has 12 heteroatoms. The van der Waals surface area contributed by atoms with Gasteiger partial charge in [-0.05, 0) is 24.1 Å². The lowest BCUT2D eigenvalue weighted by Gasteiger charge is -2.16. The molecule has 3 rings (SSSR count). The maximum Gasteiger partial charge on any atom is 0.326 e. The van der Waals surface area contributed by atoms with E-state index in [9.17, 15) is 14.7 Å². The van der Waals surface area contributed by atoms with E-state index < -0.39 is 12.0 Å². The van der Waals surface area contributed by atoms with E-state index in [1.54, 1.807) is 12.1 Å². The maximum absolute atomic E-state index is 12.0. The molecule has 0 spiro atoms. The van der Waals surface area contributed by atoms with Gasteiger partial charge in [-0.3, -0.25) is 4.79 Å². The lowest BCUT2D eigenvalue weighted by molar-refractivity contribution is -0.137. The van der Waals surface area contributed by atoms with Gasteiger partial charge in [-0.25, -0.2) is 4.79 Å². The first kappa shape index (κ1) is 31.2. The second-order valence-corrected chi connectivity index (χ2v) is 9.08. The summed E-state index contributed by atoms with van der Waals surface area (Å²) in [5.41, 5.74) is 1.50. The fraction of sp³-hybridized carbons (Fsp3) is 0.414. The molecule has 1 aromatic heterocycles. The molecule has 2 aromatic carbocycles. The van der Waals surface area contributed by atoms with Gasteiger partial charge in [-0.1, -0.05) is 61.9 Å². The Morgan fingerprint density at radius 3 is 2.00 bits per heavy atom. The van der Waals surface area contributed by atoms with E-state index in [0.29, 0.717) is 63.5 Å². The molecule has 0 saturated heterocycles. The van der Waals surface area contributed by atoms with Gasteiger partial charge in [0, 0.05) is 31.6 Å². The highest BCUT2D eigenvalue weighted by atomic mass is 16.5. The van der Waals surface area contributed by atoms with Crippen LogP contribution in [0.5, 0.6) is 0 Å². The van der Waals surface area contributed by atoms with Crippen LogP contribution >= 0.6 is 0 Å².